The smallest absolute Gasteiger partial charge is 0.136 e. The van der Waals surface area contributed by atoms with Crippen molar-refractivity contribution in [3.05, 3.63) is 170 Å². The van der Waals surface area contributed by atoms with E-state index in [9.17, 15) is 0 Å². The molecule has 11 rings (SSSR count). The highest BCUT2D eigenvalue weighted by atomic mass is 16.3. The molecule has 1 heteroatoms. The van der Waals surface area contributed by atoms with Crippen molar-refractivity contribution in [2.75, 3.05) is 0 Å². The highest BCUT2D eigenvalue weighted by Gasteiger charge is 2.21. The Labute approximate surface area is 282 Å². The fraction of sp³-hybridized carbons (Fsp3) is 0. The number of hydrogen-bond donors (Lipinski definition) is 0. The molecule has 226 valence electrons. The minimum atomic E-state index is 0.941. The third-order valence-corrected chi connectivity index (χ3v) is 10.6. The summed E-state index contributed by atoms with van der Waals surface area (Å²) in [5.41, 5.74) is 9.40. The van der Waals surface area contributed by atoms with Crippen molar-refractivity contribution in [1.29, 1.82) is 0 Å². The van der Waals surface area contributed by atoms with E-state index in [2.05, 4.69) is 170 Å². The Balaban J connectivity index is 1.22. The lowest BCUT2D eigenvalue weighted by Crippen LogP contribution is -1.93. The molecule has 0 saturated heterocycles. The Kier molecular flexibility index (Phi) is 5.45. The summed E-state index contributed by atoms with van der Waals surface area (Å²) in [5, 5.41) is 14.9. The average molecular weight is 621 g/mol. The van der Waals surface area contributed by atoms with Crippen LogP contribution in [0.2, 0.25) is 0 Å². The van der Waals surface area contributed by atoms with E-state index in [4.69, 9.17) is 4.42 Å². The van der Waals surface area contributed by atoms with Crippen molar-refractivity contribution >= 4 is 75.8 Å². The van der Waals surface area contributed by atoms with Crippen molar-refractivity contribution in [3.63, 3.8) is 0 Å². The molecule has 0 N–H and O–H groups in total. The summed E-state index contributed by atoms with van der Waals surface area (Å²) in [6.07, 6.45) is 0. The molecule has 0 aliphatic rings. The normalized spacial score (nSPS) is 12.1. The van der Waals surface area contributed by atoms with Crippen molar-refractivity contribution < 1.29 is 4.42 Å². The van der Waals surface area contributed by atoms with Gasteiger partial charge in [0.25, 0.3) is 0 Å². The van der Waals surface area contributed by atoms with E-state index in [0.29, 0.717) is 0 Å². The van der Waals surface area contributed by atoms with E-state index in [1.165, 1.54) is 98.0 Å². The van der Waals surface area contributed by atoms with Gasteiger partial charge in [0.2, 0.25) is 0 Å². The zero-order chi connectivity index (χ0) is 32.1. The quantitative estimate of drug-likeness (QED) is 0.141. The van der Waals surface area contributed by atoms with Gasteiger partial charge in [0.05, 0.1) is 0 Å². The van der Waals surface area contributed by atoms with Gasteiger partial charge in [-0.05, 0) is 112 Å². The molecule has 11 aromatic rings. The maximum Gasteiger partial charge on any atom is 0.136 e. The highest BCUT2D eigenvalue weighted by molar-refractivity contribution is 6.28. The summed E-state index contributed by atoms with van der Waals surface area (Å²) in [4.78, 5) is 0. The Morgan fingerprint density at radius 1 is 0.286 bits per heavy atom. The van der Waals surface area contributed by atoms with Crippen LogP contribution in [-0.2, 0) is 0 Å². The Morgan fingerprint density at radius 2 is 0.816 bits per heavy atom. The van der Waals surface area contributed by atoms with Crippen LogP contribution in [0, 0.1) is 0 Å². The molecule has 0 bridgehead atoms. The fourth-order valence-corrected chi connectivity index (χ4v) is 8.52. The summed E-state index contributed by atoms with van der Waals surface area (Å²) in [7, 11) is 0. The van der Waals surface area contributed by atoms with E-state index in [1.54, 1.807) is 0 Å². The summed E-state index contributed by atoms with van der Waals surface area (Å²) in [6.45, 7) is 0. The van der Waals surface area contributed by atoms with Gasteiger partial charge in [-0.3, -0.25) is 0 Å². The van der Waals surface area contributed by atoms with E-state index >= 15 is 0 Å². The first-order valence-electron chi connectivity index (χ1n) is 16.9. The Morgan fingerprint density at radius 3 is 1.55 bits per heavy atom. The van der Waals surface area contributed by atoms with Crippen molar-refractivity contribution in [2.45, 2.75) is 0 Å². The van der Waals surface area contributed by atoms with Gasteiger partial charge in [0, 0.05) is 10.8 Å². The monoisotopic (exact) mass is 620 g/mol. The molecule has 49 heavy (non-hydrogen) atoms. The molecule has 0 atom stereocenters. The first kappa shape index (κ1) is 26.6. The van der Waals surface area contributed by atoms with Gasteiger partial charge in [0.1, 0.15) is 11.2 Å². The predicted octanol–water partition coefficient (Wildman–Crippen LogP) is 13.8. The number of furan rings is 1. The lowest BCUT2D eigenvalue weighted by atomic mass is 9.83. The lowest BCUT2D eigenvalue weighted by molar-refractivity contribution is 0.669. The molecule has 1 nitrogen and oxygen atoms in total. The number of rotatable bonds is 3. The summed E-state index contributed by atoms with van der Waals surface area (Å²) in [6, 6.07) is 62.2. The Bertz CT molecular complexity index is 3050. The van der Waals surface area contributed by atoms with Gasteiger partial charge >= 0.3 is 0 Å². The predicted molar refractivity (Wildman–Crippen MR) is 209 cm³/mol. The molecule has 0 saturated carbocycles. The maximum absolute atomic E-state index is 6.31. The van der Waals surface area contributed by atoms with Crippen LogP contribution in [0.1, 0.15) is 0 Å². The van der Waals surface area contributed by atoms with Crippen molar-refractivity contribution in [3.8, 4) is 33.4 Å². The third kappa shape index (κ3) is 3.76. The minimum Gasteiger partial charge on any atom is -0.456 e. The summed E-state index contributed by atoms with van der Waals surface area (Å²) >= 11 is 0. The Hall–Kier alpha value is -6.44. The molecular weight excluding hydrogens is 593 g/mol. The number of hydrogen-bond acceptors (Lipinski definition) is 1. The van der Waals surface area contributed by atoms with Crippen LogP contribution in [0.3, 0.4) is 0 Å². The van der Waals surface area contributed by atoms with Gasteiger partial charge in [-0.2, -0.15) is 0 Å². The standard InChI is InChI=1S/C48H28O/c1-2-12-30-27-32(24-23-29(30)11-1)45-36-16-5-7-18-38(36)47(39-19-8-6-17-37(39)45)41-26-25-35(33-14-3-4-15-34(33)41)42-28-31-13-9-21-43-46(31)48-40(42)20-10-22-44(48)49-43/h1-28H. The van der Waals surface area contributed by atoms with Gasteiger partial charge in [-0.1, -0.05) is 146 Å². The minimum absolute atomic E-state index is 0.941. The maximum atomic E-state index is 6.31. The van der Waals surface area contributed by atoms with Gasteiger partial charge in [-0.25, -0.2) is 0 Å². The number of benzene rings is 10. The van der Waals surface area contributed by atoms with Crippen molar-refractivity contribution in [2.24, 2.45) is 0 Å². The van der Waals surface area contributed by atoms with Gasteiger partial charge in [-0.15, -0.1) is 0 Å². The molecule has 1 aromatic heterocycles. The number of fused-ring (bicyclic) bond motifs is 4. The zero-order valence-electron chi connectivity index (χ0n) is 26.6. The topological polar surface area (TPSA) is 13.1 Å². The second-order valence-corrected chi connectivity index (χ2v) is 13.2. The first-order valence-corrected chi connectivity index (χ1v) is 16.9. The lowest BCUT2D eigenvalue weighted by Gasteiger charge is -2.20. The highest BCUT2D eigenvalue weighted by Crippen LogP contribution is 2.48. The second-order valence-electron chi connectivity index (χ2n) is 13.2. The van der Waals surface area contributed by atoms with Crippen molar-refractivity contribution in [1.82, 2.24) is 0 Å². The van der Waals surface area contributed by atoms with Crippen LogP contribution in [0.25, 0.3) is 109 Å². The third-order valence-electron chi connectivity index (χ3n) is 10.6. The molecule has 0 amide bonds. The fourth-order valence-electron chi connectivity index (χ4n) is 8.52. The summed E-state index contributed by atoms with van der Waals surface area (Å²) < 4.78 is 6.31. The van der Waals surface area contributed by atoms with E-state index in [1.807, 2.05) is 0 Å². The zero-order valence-corrected chi connectivity index (χ0v) is 26.6. The SMILES string of the molecule is c1ccc2cc(-c3c4ccccc4c(-c4ccc(-c5cc6cccc7oc8cccc5c8c67)c5ccccc45)c4ccccc34)ccc2c1. The average Bonchev–Trinajstić information content (AvgIpc) is 3.56. The molecule has 0 aliphatic carbocycles. The largest absolute Gasteiger partial charge is 0.456 e. The van der Waals surface area contributed by atoms with Crippen LogP contribution in [0.4, 0.5) is 0 Å². The second kappa shape index (κ2) is 10.0. The molecule has 0 aliphatic heterocycles. The van der Waals surface area contributed by atoms with E-state index < -0.39 is 0 Å². The van der Waals surface area contributed by atoms with Crippen LogP contribution in [-0.4, -0.2) is 0 Å². The van der Waals surface area contributed by atoms with Crippen LogP contribution in [0.15, 0.2) is 174 Å². The molecule has 0 unspecified atom stereocenters. The molecule has 1 heterocycles. The van der Waals surface area contributed by atoms with Gasteiger partial charge < -0.3 is 4.42 Å². The van der Waals surface area contributed by atoms with Crippen LogP contribution < -0.4 is 0 Å². The van der Waals surface area contributed by atoms with E-state index in [0.717, 1.165) is 11.2 Å². The van der Waals surface area contributed by atoms with Gasteiger partial charge in [0.15, 0.2) is 0 Å². The molecule has 0 spiro atoms. The first-order chi connectivity index (χ1) is 24.3. The van der Waals surface area contributed by atoms with Crippen LogP contribution >= 0.6 is 0 Å². The van der Waals surface area contributed by atoms with E-state index in [-0.39, 0.29) is 0 Å². The molecule has 10 aromatic carbocycles. The molecule has 0 radical (unpaired) electrons. The molecule has 0 fully saturated rings. The van der Waals surface area contributed by atoms with Crippen LogP contribution in [0.5, 0.6) is 0 Å². The summed E-state index contributed by atoms with van der Waals surface area (Å²) in [5.74, 6) is 0. The molecular formula is C48H28O.